The summed E-state index contributed by atoms with van der Waals surface area (Å²) in [5.74, 6) is -0.315. The van der Waals surface area contributed by atoms with Crippen molar-refractivity contribution in [2.75, 3.05) is 25.6 Å². The zero-order chi connectivity index (χ0) is 15.8. The number of anilines is 1. The monoisotopic (exact) mass is 292 g/mol. The van der Waals surface area contributed by atoms with E-state index < -0.39 is 5.97 Å². The highest BCUT2D eigenvalue weighted by Crippen LogP contribution is 2.27. The highest BCUT2D eigenvalue weighted by molar-refractivity contribution is 5.95. The molecule has 0 unspecified atom stereocenters. The number of carbonyl (C=O) groups is 2. The van der Waals surface area contributed by atoms with Gasteiger partial charge in [0, 0.05) is 13.0 Å². The van der Waals surface area contributed by atoms with E-state index in [1.807, 2.05) is 6.92 Å². The molecule has 0 saturated heterocycles. The molecule has 0 heterocycles. The Kier molecular flexibility index (Phi) is 6.42. The van der Waals surface area contributed by atoms with Gasteiger partial charge in [-0.05, 0) is 30.7 Å². The lowest BCUT2D eigenvalue weighted by atomic mass is 10.2. The van der Waals surface area contributed by atoms with Gasteiger partial charge in [0.15, 0.2) is 0 Å². The second-order valence-electron chi connectivity index (χ2n) is 4.54. The van der Waals surface area contributed by atoms with Crippen molar-refractivity contribution in [3.63, 3.8) is 0 Å². The van der Waals surface area contributed by atoms with Crippen molar-refractivity contribution >= 4 is 17.6 Å². The molecule has 0 fully saturated rings. The van der Waals surface area contributed by atoms with Crippen LogP contribution in [0.25, 0.3) is 0 Å². The molecule has 114 valence electrons. The van der Waals surface area contributed by atoms with E-state index in [9.17, 15) is 9.59 Å². The van der Waals surface area contributed by atoms with E-state index in [-0.39, 0.29) is 25.5 Å². The number of amides is 1. The first-order chi connectivity index (χ1) is 9.97. The molecule has 21 heavy (non-hydrogen) atoms. The van der Waals surface area contributed by atoms with Crippen LogP contribution in [0.15, 0.2) is 30.4 Å². The van der Waals surface area contributed by atoms with Crippen LogP contribution in [-0.4, -0.2) is 32.1 Å². The fraction of sp³-hybridized carbons (Fsp3) is 0.333. The van der Waals surface area contributed by atoms with E-state index in [0.717, 1.165) is 5.57 Å². The number of esters is 1. The third kappa shape index (κ3) is 5.27. The quantitative estimate of drug-likeness (QED) is 0.590. The normalized spacial score (nSPS) is 9.86. The molecule has 1 aromatic rings. The molecule has 0 aliphatic rings. The lowest BCUT2D eigenvalue weighted by molar-refractivity contribution is -0.116. The van der Waals surface area contributed by atoms with Crippen LogP contribution in [-0.2, 0) is 9.53 Å². The van der Waals surface area contributed by atoms with Crippen LogP contribution in [0, 0.1) is 0 Å². The van der Waals surface area contributed by atoms with E-state index >= 15 is 0 Å². The maximum Gasteiger partial charge on any atom is 0.337 e. The van der Waals surface area contributed by atoms with Crippen molar-refractivity contribution in [1.82, 2.24) is 0 Å². The molecule has 6 nitrogen and oxygen atoms in total. The maximum absolute atomic E-state index is 11.6. The number of methoxy groups -OCH3 is 1. The first kappa shape index (κ1) is 16.7. The van der Waals surface area contributed by atoms with E-state index in [2.05, 4.69) is 16.6 Å². The van der Waals surface area contributed by atoms with Crippen LogP contribution < -0.4 is 15.8 Å². The maximum atomic E-state index is 11.6. The number of hydrogen-bond acceptors (Lipinski definition) is 5. The summed E-state index contributed by atoms with van der Waals surface area (Å²) in [7, 11) is 1.30. The summed E-state index contributed by atoms with van der Waals surface area (Å²) in [5, 5.41) is 2.69. The summed E-state index contributed by atoms with van der Waals surface area (Å²) in [6.07, 6.45) is 0.207. The van der Waals surface area contributed by atoms with Gasteiger partial charge in [-0.1, -0.05) is 6.58 Å². The molecule has 0 spiro atoms. The molecule has 0 aromatic heterocycles. The van der Waals surface area contributed by atoms with Gasteiger partial charge in [-0.15, -0.1) is 0 Å². The molecule has 3 N–H and O–H groups in total. The Bertz CT molecular complexity index is 540. The molecule has 6 heteroatoms. The topological polar surface area (TPSA) is 90.6 Å². The minimum atomic E-state index is -0.477. The summed E-state index contributed by atoms with van der Waals surface area (Å²) in [6.45, 7) is 6.10. The molecule has 0 aliphatic carbocycles. The van der Waals surface area contributed by atoms with Crippen molar-refractivity contribution in [2.45, 2.75) is 13.3 Å². The van der Waals surface area contributed by atoms with Crippen LogP contribution in [0.2, 0.25) is 0 Å². The highest BCUT2D eigenvalue weighted by Gasteiger charge is 2.13. The van der Waals surface area contributed by atoms with Gasteiger partial charge in [0.25, 0.3) is 0 Å². The van der Waals surface area contributed by atoms with E-state index in [0.29, 0.717) is 17.0 Å². The molecular weight excluding hydrogens is 272 g/mol. The number of carbonyl (C=O) groups excluding carboxylic acids is 2. The standard InChI is InChI=1S/C15H20N2O4/c1-10(2)9-21-13-8-11(15(19)20-3)4-5-12(13)17-14(18)6-7-16/h4-5,8H,1,6-7,9,16H2,2-3H3,(H,17,18). The average Bonchev–Trinajstić information content (AvgIpc) is 2.45. The molecule has 0 radical (unpaired) electrons. The number of ether oxygens (including phenoxy) is 2. The molecule has 1 rings (SSSR count). The molecule has 0 bridgehead atoms. The second kappa shape index (κ2) is 8.06. The highest BCUT2D eigenvalue weighted by atomic mass is 16.5. The Morgan fingerprint density at radius 1 is 1.38 bits per heavy atom. The lowest BCUT2D eigenvalue weighted by Crippen LogP contribution is -2.17. The van der Waals surface area contributed by atoms with Gasteiger partial charge in [0.2, 0.25) is 5.91 Å². The van der Waals surface area contributed by atoms with Crippen LogP contribution in [0.5, 0.6) is 5.75 Å². The summed E-state index contributed by atoms with van der Waals surface area (Å²) in [4.78, 5) is 23.2. The number of hydrogen-bond donors (Lipinski definition) is 2. The second-order valence-corrected chi connectivity index (χ2v) is 4.54. The van der Waals surface area contributed by atoms with E-state index in [1.54, 1.807) is 12.1 Å². The SMILES string of the molecule is C=C(C)COc1cc(C(=O)OC)ccc1NC(=O)CCN. The van der Waals surface area contributed by atoms with Crippen molar-refractivity contribution in [2.24, 2.45) is 5.73 Å². The van der Waals surface area contributed by atoms with Crippen LogP contribution in [0.3, 0.4) is 0 Å². The number of benzene rings is 1. The summed E-state index contributed by atoms with van der Waals surface area (Å²) in [6, 6.07) is 4.67. The van der Waals surface area contributed by atoms with Crippen molar-refractivity contribution < 1.29 is 19.1 Å². The predicted molar refractivity (Wildman–Crippen MR) is 80.4 cm³/mol. The minimum Gasteiger partial charge on any atom is -0.487 e. The van der Waals surface area contributed by atoms with Gasteiger partial charge < -0.3 is 20.5 Å². The smallest absolute Gasteiger partial charge is 0.337 e. The first-order valence-corrected chi connectivity index (χ1v) is 6.47. The minimum absolute atomic E-state index is 0.207. The Morgan fingerprint density at radius 2 is 2.10 bits per heavy atom. The van der Waals surface area contributed by atoms with Crippen LogP contribution >= 0.6 is 0 Å². The molecule has 0 aliphatic heterocycles. The third-order valence-electron chi connectivity index (χ3n) is 2.52. The summed E-state index contributed by atoms with van der Waals surface area (Å²) >= 11 is 0. The third-order valence-corrected chi connectivity index (χ3v) is 2.52. The van der Waals surface area contributed by atoms with Crippen molar-refractivity contribution in [1.29, 1.82) is 0 Å². The fourth-order valence-corrected chi connectivity index (χ4v) is 1.53. The van der Waals surface area contributed by atoms with E-state index in [1.165, 1.54) is 13.2 Å². The summed E-state index contributed by atoms with van der Waals surface area (Å²) < 4.78 is 10.2. The summed E-state index contributed by atoms with van der Waals surface area (Å²) in [5.41, 5.74) is 6.97. The number of nitrogens with two attached hydrogens (primary N) is 1. The van der Waals surface area contributed by atoms with Gasteiger partial charge >= 0.3 is 5.97 Å². The Hall–Kier alpha value is -2.34. The van der Waals surface area contributed by atoms with E-state index in [4.69, 9.17) is 10.5 Å². The van der Waals surface area contributed by atoms with Crippen molar-refractivity contribution in [3.05, 3.63) is 35.9 Å². The molecule has 1 amide bonds. The van der Waals surface area contributed by atoms with Gasteiger partial charge in [-0.2, -0.15) is 0 Å². The largest absolute Gasteiger partial charge is 0.487 e. The van der Waals surface area contributed by atoms with Crippen molar-refractivity contribution in [3.8, 4) is 5.75 Å². The van der Waals surface area contributed by atoms with Gasteiger partial charge in [0.05, 0.1) is 18.4 Å². The lowest BCUT2D eigenvalue weighted by Gasteiger charge is -2.13. The molecular formula is C15H20N2O4. The first-order valence-electron chi connectivity index (χ1n) is 6.47. The predicted octanol–water partition coefficient (Wildman–Crippen LogP) is 1.72. The number of rotatable bonds is 7. The Morgan fingerprint density at radius 3 is 2.67 bits per heavy atom. The van der Waals surface area contributed by atoms with Gasteiger partial charge in [-0.3, -0.25) is 4.79 Å². The zero-order valence-corrected chi connectivity index (χ0v) is 12.3. The molecule has 0 saturated carbocycles. The zero-order valence-electron chi connectivity index (χ0n) is 12.3. The number of nitrogens with one attached hydrogen (secondary N) is 1. The molecule has 1 aromatic carbocycles. The van der Waals surface area contributed by atoms with Crippen LogP contribution in [0.4, 0.5) is 5.69 Å². The van der Waals surface area contributed by atoms with Gasteiger partial charge in [-0.25, -0.2) is 4.79 Å². The Balaban J connectivity index is 3.01. The van der Waals surface area contributed by atoms with Gasteiger partial charge in [0.1, 0.15) is 12.4 Å². The fourth-order valence-electron chi connectivity index (χ4n) is 1.53. The van der Waals surface area contributed by atoms with Crippen LogP contribution in [0.1, 0.15) is 23.7 Å². The Labute approximate surface area is 123 Å². The molecule has 0 atom stereocenters. The average molecular weight is 292 g/mol.